The summed E-state index contributed by atoms with van der Waals surface area (Å²) in [5, 5.41) is 19.1. The summed E-state index contributed by atoms with van der Waals surface area (Å²) in [7, 11) is 0. The predicted octanol–water partition coefficient (Wildman–Crippen LogP) is -0.240. The molecule has 0 bridgehead atoms. The Balaban J connectivity index is 2.88. The van der Waals surface area contributed by atoms with Crippen LogP contribution in [0, 0.1) is 5.82 Å². The first-order valence-corrected chi connectivity index (χ1v) is 4.91. The Labute approximate surface area is 96.8 Å². The number of nitrogens with two attached hydrogens (primary N) is 1. The molecule has 2 unspecified atom stereocenters. The molecule has 0 aliphatic rings. The van der Waals surface area contributed by atoms with E-state index in [-0.39, 0.29) is 18.0 Å². The lowest BCUT2D eigenvalue weighted by atomic mass is 10.1. The van der Waals surface area contributed by atoms with E-state index in [2.05, 4.69) is 9.72 Å². The molecule has 0 spiro atoms. The van der Waals surface area contributed by atoms with Gasteiger partial charge in [-0.1, -0.05) is 0 Å². The largest absolute Gasteiger partial charge is 0.464 e. The van der Waals surface area contributed by atoms with Crippen LogP contribution in [0.1, 0.15) is 18.7 Å². The summed E-state index contributed by atoms with van der Waals surface area (Å²) in [5.41, 5.74) is 5.08. The molecule has 4 N–H and O–H groups in total. The molecule has 0 fully saturated rings. The van der Waals surface area contributed by atoms with Gasteiger partial charge in [-0.25, -0.2) is 9.18 Å². The predicted molar refractivity (Wildman–Crippen MR) is 56.2 cm³/mol. The summed E-state index contributed by atoms with van der Waals surface area (Å²) >= 11 is 0. The molecule has 0 saturated carbocycles. The lowest BCUT2D eigenvalue weighted by molar-refractivity contribution is -0.159. The number of esters is 1. The smallest absolute Gasteiger partial charge is 0.338 e. The van der Waals surface area contributed by atoms with Crippen molar-refractivity contribution in [1.82, 2.24) is 4.98 Å². The molecular formula is C10H13FN2O4. The summed E-state index contributed by atoms with van der Waals surface area (Å²) in [6.07, 6.45) is -2.64. The molecule has 1 rings (SSSR count). The zero-order valence-corrected chi connectivity index (χ0v) is 9.13. The fourth-order valence-corrected chi connectivity index (χ4v) is 1.22. The van der Waals surface area contributed by atoms with E-state index in [1.807, 2.05) is 0 Å². The maximum absolute atomic E-state index is 12.7. The monoisotopic (exact) mass is 244 g/mol. The number of aliphatic hydroxyl groups excluding tert-OH is 2. The van der Waals surface area contributed by atoms with E-state index in [0.717, 1.165) is 12.3 Å². The van der Waals surface area contributed by atoms with Crippen molar-refractivity contribution in [3.63, 3.8) is 0 Å². The van der Waals surface area contributed by atoms with E-state index in [0.29, 0.717) is 0 Å². The number of aliphatic hydroxyl groups is 2. The highest BCUT2D eigenvalue weighted by Gasteiger charge is 2.29. The standard InChI is InChI=1S/C10H13FN2O4/c1-2-17-10(16)9(15)8(14)7-6(12)3-5(11)4-13-7/h3-4,8-9,14-15H,2,12H2,1H3. The molecule has 1 aromatic rings. The van der Waals surface area contributed by atoms with E-state index in [1.165, 1.54) is 0 Å². The van der Waals surface area contributed by atoms with Gasteiger partial charge in [0, 0.05) is 6.07 Å². The van der Waals surface area contributed by atoms with Crippen LogP contribution in [0.15, 0.2) is 12.3 Å². The first-order chi connectivity index (χ1) is 7.97. The summed E-state index contributed by atoms with van der Waals surface area (Å²) in [6, 6.07) is 0.934. The SMILES string of the molecule is CCOC(=O)C(O)C(O)c1ncc(F)cc1N. The Morgan fingerprint density at radius 2 is 2.29 bits per heavy atom. The van der Waals surface area contributed by atoms with E-state index in [9.17, 15) is 19.4 Å². The minimum Gasteiger partial charge on any atom is -0.464 e. The summed E-state index contributed by atoms with van der Waals surface area (Å²) in [4.78, 5) is 14.7. The van der Waals surface area contributed by atoms with E-state index < -0.39 is 24.0 Å². The van der Waals surface area contributed by atoms with Crippen molar-refractivity contribution in [2.24, 2.45) is 0 Å². The number of carbonyl (C=O) groups is 1. The Morgan fingerprint density at radius 1 is 1.65 bits per heavy atom. The Hall–Kier alpha value is -1.73. The van der Waals surface area contributed by atoms with E-state index in [1.54, 1.807) is 6.92 Å². The van der Waals surface area contributed by atoms with Crippen LogP contribution < -0.4 is 5.73 Å². The minimum atomic E-state index is -1.81. The van der Waals surface area contributed by atoms with Gasteiger partial charge in [-0.05, 0) is 6.92 Å². The molecule has 0 amide bonds. The van der Waals surface area contributed by atoms with E-state index >= 15 is 0 Å². The molecule has 7 heteroatoms. The lowest BCUT2D eigenvalue weighted by Crippen LogP contribution is -2.30. The molecule has 1 aromatic heterocycles. The third kappa shape index (κ3) is 3.11. The van der Waals surface area contributed by atoms with Crippen LogP contribution in [0.25, 0.3) is 0 Å². The van der Waals surface area contributed by atoms with Gasteiger partial charge in [0.05, 0.1) is 24.2 Å². The van der Waals surface area contributed by atoms with Crippen molar-refractivity contribution in [1.29, 1.82) is 0 Å². The van der Waals surface area contributed by atoms with Gasteiger partial charge < -0.3 is 20.7 Å². The normalized spacial score (nSPS) is 14.1. The lowest BCUT2D eigenvalue weighted by Gasteiger charge is -2.17. The molecule has 6 nitrogen and oxygen atoms in total. The van der Waals surface area contributed by atoms with Crippen LogP contribution in [0.5, 0.6) is 0 Å². The van der Waals surface area contributed by atoms with Crippen LogP contribution in [0.3, 0.4) is 0 Å². The zero-order valence-electron chi connectivity index (χ0n) is 9.13. The number of pyridine rings is 1. The average molecular weight is 244 g/mol. The number of aromatic nitrogens is 1. The van der Waals surface area contributed by atoms with Crippen LogP contribution in [-0.2, 0) is 9.53 Å². The quantitative estimate of drug-likeness (QED) is 0.631. The molecule has 0 radical (unpaired) electrons. The average Bonchev–Trinajstić information content (AvgIpc) is 2.27. The van der Waals surface area contributed by atoms with Gasteiger partial charge >= 0.3 is 5.97 Å². The van der Waals surface area contributed by atoms with Crippen molar-refractivity contribution in [3.8, 4) is 0 Å². The minimum absolute atomic E-state index is 0.0644. The Bertz CT molecular complexity index is 413. The highest BCUT2D eigenvalue weighted by atomic mass is 19.1. The number of hydrogen-bond donors (Lipinski definition) is 3. The van der Waals surface area contributed by atoms with Gasteiger partial charge in [-0.2, -0.15) is 0 Å². The van der Waals surface area contributed by atoms with Gasteiger partial charge in [0.15, 0.2) is 6.10 Å². The second-order valence-electron chi connectivity index (χ2n) is 3.27. The number of anilines is 1. The second-order valence-corrected chi connectivity index (χ2v) is 3.27. The highest BCUT2D eigenvalue weighted by Crippen LogP contribution is 2.22. The molecule has 2 atom stereocenters. The summed E-state index contributed by atoms with van der Waals surface area (Å²) in [5.74, 6) is -1.67. The fraction of sp³-hybridized carbons (Fsp3) is 0.400. The van der Waals surface area contributed by atoms with Crippen molar-refractivity contribution in [3.05, 3.63) is 23.8 Å². The molecule has 0 aliphatic heterocycles. The van der Waals surface area contributed by atoms with Crippen molar-refractivity contribution in [2.45, 2.75) is 19.1 Å². The molecular weight excluding hydrogens is 231 g/mol. The fourth-order valence-electron chi connectivity index (χ4n) is 1.22. The molecule has 0 aromatic carbocycles. The molecule has 0 aliphatic carbocycles. The maximum Gasteiger partial charge on any atom is 0.338 e. The van der Waals surface area contributed by atoms with Crippen molar-refractivity contribution < 1.29 is 24.1 Å². The van der Waals surface area contributed by atoms with E-state index in [4.69, 9.17) is 5.73 Å². The summed E-state index contributed by atoms with van der Waals surface area (Å²) < 4.78 is 17.2. The van der Waals surface area contributed by atoms with Crippen LogP contribution in [0.2, 0.25) is 0 Å². The van der Waals surface area contributed by atoms with Gasteiger partial charge in [0.2, 0.25) is 0 Å². The number of nitrogens with zero attached hydrogens (tertiary/aromatic N) is 1. The van der Waals surface area contributed by atoms with Gasteiger partial charge in [0.1, 0.15) is 11.9 Å². The van der Waals surface area contributed by atoms with Gasteiger partial charge in [0.25, 0.3) is 0 Å². The number of halogens is 1. The number of carbonyl (C=O) groups excluding carboxylic acids is 1. The number of hydrogen-bond acceptors (Lipinski definition) is 6. The van der Waals surface area contributed by atoms with Crippen molar-refractivity contribution in [2.75, 3.05) is 12.3 Å². The first-order valence-electron chi connectivity index (χ1n) is 4.91. The van der Waals surface area contributed by atoms with Crippen LogP contribution in [0.4, 0.5) is 10.1 Å². The zero-order chi connectivity index (χ0) is 13.0. The second kappa shape index (κ2) is 5.55. The third-order valence-corrected chi connectivity index (χ3v) is 2.02. The topological polar surface area (TPSA) is 106 Å². The number of ether oxygens (including phenoxy) is 1. The number of rotatable bonds is 4. The molecule has 0 saturated heterocycles. The summed E-state index contributed by atoms with van der Waals surface area (Å²) in [6.45, 7) is 1.62. The first kappa shape index (κ1) is 13.3. The Morgan fingerprint density at radius 3 is 2.82 bits per heavy atom. The van der Waals surface area contributed by atoms with Crippen LogP contribution in [-0.4, -0.2) is 33.9 Å². The molecule has 94 valence electrons. The number of nitrogen functional groups attached to an aromatic ring is 1. The van der Waals surface area contributed by atoms with Gasteiger partial charge in [-0.15, -0.1) is 0 Å². The Kier molecular flexibility index (Phi) is 4.36. The third-order valence-electron chi connectivity index (χ3n) is 2.02. The van der Waals surface area contributed by atoms with Gasteiger partial charge in [-0.3, -0.25) is 4.98 Å². The molecule has 17 heavy (non-hydrogen) atoms. The van der Waals surface area contributed by atoms with Crippen LogP contribution >= 0.6 is 0 Å². The maximum atomic E-state index is 12.7. The highest BCUT2D eigenvalue weighted by molar-refractivity contribution is 5.75. The van der Waals surface area contributed by atoms with Crippen molar-refractivity contribution >= 4 is 11.7 Å². The molecule has 1 heterocycles.